The quantitative estimate of drug-likeness (QED) is 0.519. The van der Waals surface area contributed by atoms with Crippen molar-refractivity contribution in [1.29, 1.82) is 0 Å². The Hall–Kier alpha value is -0.590. The predicted octanol–water partition coefficient (Wildman–Crippen LogP) is 2.86. The van der Waals surface area contributed by atoms with Crippen molar-refractivity contribution in [3.63, 3.8) is 0 Å². The molecule has 3 rings (SSSR count). The monoisotopic (exact) mass is 176 g/mol. The van der Waals surface area contributed by atoms with Gasteiger partial charge in [0.2, 0.25) is 0 Å². The molecule has 2 saturated carbocycles. The molecule has 0 aromatic heterocycles. The number of rotatable bonds is 0. The van der Waals surface area contributed by atoms with E-state index in [1.165, 1.54) is 32.1 Å². The Kier molecular flexibility index (Phi) is 1.35. The maximum Gasteiger partial charge on any atom is 0.134 e. The molecule has 2 atom stereocenters. The Labute approximate surface area is 79.2 Å². The van der Waals surface area contributed by atoms with Crippen LogP contribution in [0.3, 0.4) is 0 Å². The zero-order valence-corrected chi connectivity index (χ0v) is 8.01. The van der Waals surface area contributed by atoms with Gasteiger partial charge in [-0.3, -0.25) is 4.79 Å². The minimum Gasteiger partial charge on any atom is -0.300 e. The summed E-state index contributed by atoms with van der Waals surface area (Å²) in [5, 5.41) is 0. The molecular weight excluding hydrogens is 160 g/mol. The highest BCUT2D eigenvalue weighted by Crippen LogP contribution is 2.66. The van der Waals surface area contributed by atoms with Crippen LogP contribution in [0.1, 0.15) is 44.9 Å². The van der Waals surface area contributed by atoms with Gasteiger partial charge < -0.3 is 0 Å². The number of carbonyl (C=O) groups is 1. The normalized spacial score (nSPS) is 47.8. The smallest absolute Gasteiger partial charge is 0.134 e. The van der Waals surface area contributed by atoms with Gasteiger partial charge in [-0.2, -0.15) is 0 Å². The van der Waals surface area contributed by atoms with Crippen molar-refractivity contribution >= 4 is 5.78 Å². The summed E-state index contributed by atoms with van der Waals surface area (Å²) in [6.07, 6.45) is 12.7. The Morgan fingerprint density at radius 2 is 1.54 bits per heavy atom. The van der Waals surface area contributed by atoms with E-state index in [0.717, 1.165) is 12.8 Å². The summed E-state index contributed by atoms with van der Waals surface area (Å²) in [7, 11) is 0. The molecule has 0 N–H and O–H groups in total. The van der Waals surface area contributed by atoms with Crippen LogP contribution in [0.25, 0.3) is 0 Å². The van der Waals surface area contributed by atoms with Gasteiger partial charge in [0.15, 0.2) is 0 Å². The lowest BCUT2D eigenvalue weighted by molar-refractivity contribution is -0.118. The van der Waals surface area contributed by atoms with E-state index < -0.39 is 0 Å². The Morgan fingerprint density at radius 1 is 1.00 bits per heavy atom. The lowest BCUT2D eigenvalue weighted by atomic mass is 9.62. The molecule has 3 aliphatic rings. The summed E-state index contributed by atoms with van der Waals surface area (Å²) >= 11 is 0. The molecule has 0 radical (unpaired) electrons. The van der Waals surface area contributed by atoms with Crippen molar-refractivity contribution in [3.8, 4) is 0 Å². The van der Waals surface area contributed by atoms with Crippen LogP contribution in [0.5, 0.6) is 0 Å². The maximum absolute atomic E-state index is 11.6. The van der Waals surface area contributed by atoms with Crippen LogP contribution >= 0.6 is 0 Å². The van der Waals surface area contributed by atoms with Gasteiger partial charge >= 0.3 is 0 Å². The van der Waals surface area contributed by atoms with Crippen LogP contribution < -0.4 is 0 Å². The van der Waals surface area contributed by atoms with Gasteiger partial charge in [-0.25, -0.2) is 0 Å². The molecule has 0 bridgehead atoms. The number of ketones is 1. The lowest BCUT2D eigenvalue weighted by Gasteiger charge is -2.41. The second-order valence-corrected chi connectivity index (χ2v) is 5.19. The van der Waals surface area contributed by atoms with E-state index in [-0.39, 0.29) is 0 Å². The number of Topliss-reactive ketones (excluding diaryl/α,β-unsaturated/α-hetero) is 1. The SMILES string of the molecule is O=C1CC23CC=CCC2(CCC3)C1. The molecule has 70 valence electrons. The van der Waals surface area contributed by atoms with Crippen molar-refractivity contribution in [2.45, 2.75) is 44.9 Å². The van der Waals surface area contributed by atoms with Crippen LogP contribution in [0.15, 0.2) is 12.2 Å². The molecule has 13 heavy (non-hydrogen) atoms. The zero-order chi connectivity index (χ0) is 8.94. The average Bonchev–Trinajstić information content (AvgIpc) is 2.54. The summed E-state index contributed by atoms with van der Waals surface area (Å²) in [4.78, 5) is 11.6. The van der Waals surface area contributed by atoms with Crippen molar-refractivity contribution in [3.05, 3.63) is 12.2 Å². The van der Waals surface area contributed by atoms with Gasteiger partial charge in [-0.05, 0) is 36.5 Å². The minimum atomic E-state index is 0.416. The van der Waals surface area contributed by atoms with E-state index >= 15 is 0 Å². The van der Waals surface area contributed by atoms with Crippen LogP contribution in [-0.2, 0) is 4.79 Å². The first-order chi connectivity index (χ1) is 6.27. The molecule has 0 aromatic rings. The van der Waals surface area contributed by atoms with Crippen LogP contribution in [0.2, 0.25) is 0 Å². The predicted molar refractivity (Wildman–Crippen MR) is 51.3 cm³/mol. The average molecular weight is 176 g/mol. The van der Waals surface area contributed by atoms with Gasteiger partial charge in [-0.15, -0.1) is 0 Å². The second-order valence-electron chi connectivity index (χ2n) is 5.19. The molecule has 0 saturated heterocycles. The number of hydrogen-bond donors (Lipinski definition) is 0. The molecule has 2 unspecified atom stereocenters. The van der Waals surface area contributed by atoms with E-state index in [1.54, 1.807) is 0 Å². The van der Waals surface area contributed by atoms with Gasteiger partial charge in [0.05, 0.1) is 0 Å². The van der Waals surface area contributed by atoms with Gasteiger partial charge in [0, 0.05) is 12.8 Å². The number of allylic oxidation sites excluding steroid dienone is 2. The first kappa shape index (κ1) is 7.78. The summed E-state index contributed by atoms with van der Waals surface area (Å²) < 4.78 is 0. The summed E-state index contributed by atoms with van der Waals surface area (Å²) in [5.74, 6) is 0.531. The highest BCUT2D eigenvalue weighted by Gasteiger charge is 2.59. The van der Waals surface area contributed by atoms with Crippen molar-refractivity contribution in [1.82, 2.24) is 0 Å². The fraction of sp³-hybridized carbons (Fsp3) is 0.750. The van der Waals surface area contributed by atoms with E-state index in [1.807, 2.05) is 0 Å². The summed E-state index contributed by atoms with van der Waals surface area (Å²) in [5.41, 5.74) is 0.831. The highest BCUT2D eigenvalue weighted by molar-refractivity contribution is 5.83. The lowest BCUT2D eigenvalue weighted by Crippen LogP contribution is -2.33. The molecule has 1 nitrogen and oxygen atoms in total. The molecule has 0 aliphatic heterocycles. The Morgan fingerprint density at radius 3 is 2.08 bits per heavy atom. The van der Waals surface area contributed by atoms with Crippen molar-refractivity contribution in [2.24, 2.45) is 10.8 Å². The number of hydrogen-bond acceptors (Lipinski definition) is 1. The molecule has 0 aromatic carbocycles. The maximum atomic E-state index is 11.6. The Balaban J connectivity index is 2.08. The van der Waals surface area contributed by atoms with Crippen LogP contribution in [-0.4, -0.2) is 5.78 Å². The third-order valence-corrected chi connectivity index (χ3v) is 4.69. The second kappa shape index (κ2) is 2.26. The first-order valence-corrected chi connectivity index (χ1v) is 5.43. The van der Waals surface area contributed by atoms with Crippen LogP contribution in [0, 0.1) is 10.8 Å². The first-order valence-electron chi connectivity index (χ1n) is 5.43. The number of carbonyl (C=O) groups excluding carboxylic acids is 1. The molecule has 0 heterocycles. The highest BCUT2D eigenvalue weighted by atomic mass is 16.1. The molecule has 0 amide bonds. The van der Waals surface area contributed by atoms with Crippen molar-refractivity contribution < 1.29 is 4.79 Å². The Bertz CT molecular complexity index is 265. The fourth-order valence-electron chi connectivity index (χ4n) is 4.06. The molecule has 2 fully saturated rings. The molecule has 3 aliphatic carbocycles. The topological polar surface area (TPSA) is 17.1 Å². The summed E-state index contributed by atoms with van der Waals surface area (Å²) in [6.45, 7) is 0. The van der Waals surface area contributed by atoms with Gasteiger partial charge in [-0.1, -0.05) is 18.6 Å². The van der Waals surface area contributed by atoms with Gasteiger partial charge in [0.1, 0.15) is 5.78 Å². The van der Waals surface area contributed by atoms with Gasteiger partial charge in [0.25, 0.3) is 0 Å². The molecule has 1 heteroatoms. The van der Waals surface area contributed by atoms with Crippen LogP contribution in [0.4, 0.5) is 0 Å². The fourth-order valence-corrected chi connectivity index (χ4v) is 4.06. The van der Waals surface area contributed by atoms with E-state index in [0.29, 0.717) is 16.6 Å². The van der Waals surface area contributed by atoms with E-state index in [9.17, 15) is 4.79 Å². The summed E-state index contributed by atoms with van der Waals surface area (Å²) in [6, 6.07) is 0. The van der Waals surface area contributed by atoms with E-state index in [4.69, 9.17) is 0 Å². The van der Waals surface area contributed by atoms with E-state index in [2.05, 4.69) is 12.2 Å². The molecular formula is C12H16O. The molecule has 0 spiro atoms. The zero-order valence-electron chi connectivity index (χ0n) is 8.01. The minimum absolute atomic E-state index is 0.416. The largest absolute Gasteiger partial charge is 0.300 e. The third-order valence-electron chi connectivity index (χ3n) is 4.69. The van der Waals surface area contributed by atoms with Crippen molar-refractivity contribution in [2.75, 3.05) is 0 Å². The standard InChI is InChI=1S/C12H16O/c13-10-8-11-4-1-2-5-12(11,9-10)7-3-6-11/h1-2H,3-9H2. The third kappa shape index (κ3) is 0.806.